The molecule has 1 amide bonds. The van der Waals surface area contributed by atoms with Crippen molar-refractivity contribution in [3.63, 3.8) is 0 Å². The third kappa shape index (κ3) is 7.91. The maximum atomic E-state index is 11.6. The molecule has 33 heavy (non-hydrogen) atoms. The lowest BCUT2D eigenvalue weighted by Crippen LogP contribution is -2.44. The topological polar surface area (TPSA) is 110 Å². The number of fused-ring (bicyclic) bond motifs is 1. The van der Waals surface area contributed by atoms with Crippen molar-refractivity contribution in [3.8, 4) is 0 Å². The number of anilines is 1. The van der Waals surface area contributed by atoms with E-state index in [2.05, 4.69) is 10.6 Å². The second kappa shape index (κ2) is 11.2. The van der Waals surface area contributed by atoms with E-state index in [-0.39, 0.29) is 17.8 Å². The molecular formula is C24H35ClN4O4. The molecule has 2 aliphatic rings. The summed E-state index contributed by atoms with van der Waals surface area (Å²) in [6.45, 7) is 9.06. The summed E-state index contributed by atoms with van der Waals surface area (Å²) in [5.41, 5.74) is 6.37. The van der Waals surface area contributed by atoms with E-state index >= 15 is 0 Å². The average molecular weight is 479 g/mol. The molecule has 8 nitrogen and oxygen atoms in total. The molecule has 1 aromatic carbocycles. The highest BCUT2D eigenvalue weighted by Crippen LogP contribution is 2.26. The summed E-state index contributed by atoms with van der Waals surface area (Å²) in [7, 11) is 0. The number of nitrogens with one attached hydrogen (secondary N) is 2. The van der Waals surface area contributed by atoms with Crippen LogP contribution in [-0.4, -0.2) is 54.9 Å². The van der Waals surface area contributed by atoms with Crippen LogP contribution in [0.25, 0.3) is 11.0 Å². The number of piperidine rings is 2. The highest BCUT2D eigenvalue weighted by molar-refractivity contribution is 6.31. The molecule has 0 saturated carbocycles. The van der Waals surface area contributed by atoms with Crippen molar-refractivity contribution in [2.45, 2.75) is 64.1 Å². The van der Waals surface area contributed by atoms with Crippen molar-refractivity contribution in [2.75, 3.05) is 31.5 Å². The van der Waals surface area contributed by atoms with Crippen LogP contribution in [0.1, 0.15) is 46.5 Å². The van der Waals surface area contributed by atoms with Crippen LogP contribution >= 0.6 is 11.6 Å². The molecule has 2 aromatic rings. The number of ether oxygens (including phenoxy) is 1. The predicted octanol–water partition coefficient (Wildman–Crippen LogP) is 3.95. The first-order chi connectivity index (χ1) is 15.6. The van der Waals surface area contributed by atoms with Crippen LogP contribution in [-0.2, 0) is 4.74 Å². The van der Waals surface area contributed by atoms with Crippen molar-refractivity contribution in [3.05, 3.63) is 39.7 Å². The third-order valence-corrected chi connectivity index (χ3v) is 5.83. The maximum Gasteiger partial charge on any atom is 0.410 e. The molecule has 1 aromatic heterocycles. The number of amides is 1. The third-order valence-electron chi connectivity index (χ3n) is 5.59. The SMILES string of the molecule is CC(C)(C)OC(=O)N1CCC(N)CC1.O=c1cc(NC2CCNCC2)c2cc(Cl)ccc2o1. The number of halogens is 1. The molecule has 0 radical (unpaired) electrons. The lowest BCUT2D eigenvalue weighted by Gasteiger charge is -2.32. The first-order valence-electron chi connectivity index (χ1n) is 11.5. The van der Waals surface area contributed by atoms with Gasteiger partial charge in [-0.05, 0) is 77.7 Å². The number of likely N-dealkylation sites (tertiary alicyclic amines) is 1. The Labute approximate surface area is 199 Å². The molecule has 0 bridgehead atoms. The number of nitrogens with two attached hydrogens (primary N) is 1. The average Bonchev–Trinajstić information content (AvgIpc) is 2.75. The van der Waals surface area contributed by atoms with E-state index in [1.165, 1.54) is 6.07 Å². The number of rotatable bonds is 2. The van der Waals surface area contributed by atoms with Gasteiger partial charge in [0.2, 0.25) is 0 Å². The predicted molar refractivity (Wildman–Crippen MR) is 132 cm³/mol. The summed E-state index contributed by atoms with van der Waals surface area (Å²) in [5.74, 6) is 0. The van der Waals surface area contributed by atoms with Crippen LogP contribution in [0.2, 0.25) is 5.02 Å². The Hall–Kier alpha value is -2.29. The van der Waals surface area contributed by atoms with Crippen LogP contribution in [0.3, 0.4) is 0 Å². The minimum absolute atomic E-state index is 0.218. The van der Waals surface area contributed by atoms with Crippen molar-refractivity contribution >= 4 is 34.4 Å². The van der Waals surface area contributed by atoms with Crippen LogP contribution in [0.4, 0.5) is 10.5 Å². The van der Waals surface area contributed by atoms with Gasteiger partial charge in [-0.2, -0.15) is 0 Å². The Balaban J connectivity index is 0.000000196. The van der Waals surface area contributed by atoms with Crippen LogP contribution in [0, 0.1) is 0 Å². The molecule has 2 aliphatic heterocycles. The van der Waals surface area contributed by atoms with E-state index in [4.69, 9.17) is 26.5 Å². The fourth-order valence-corrected chi connectivity index (χ4v) is 4.02. The van der Waals surface area contributed by atoms with Crippen molar-refractivity contribution < 1.29 is 13.9 Å². The molecule has 2 saturated heterocycles. The zero-order valence-corrected chi connectivity index (χ0v) is 20.4. The van der Waals surface area contributed by atoms with E-state index in [0.29, 0.717) is 16.6 Å². The fraction of sp³-hybridized carbons (Fsp3) is 0.583. The van der Waals surface area contributed by atoms with Gasteiger partial charge in [-0.15, -0.1) is 0 Å². The maximum absolute atomic E-state index is 11.6. The smallest absolute Gasteiger partial charge is 0.410 e. The second-order valence-electron chi connectivity index (χ2n) is 9.59. The zero-order chi connectivity index (χ0) is 24.0. The quantitative estimate of drug-likeness (QED) is 0.560. The Bertz CT molecular complexity index is 990. The molecule has 4 N–H and O–H groups in total. The Morgan fingerprint density at radius 3 is 2.48 bits per heavy atom. The number of nitrogens with zero attached hydrogens (tertiary/aromatic N) is 1. The zero-order valence-electron chi connectivity index (χ0n) is 19.7. The molecule has 182 valence electrons. The lowest BCUT2D eigenvalue weighted by molar-refractivity contribution is 0.0207. The van der Waals surface area contributed by atoms with E-state index in [9.17, 15) is 9.59 Å². The van der Waals surface area contributed by atoms with Crippen molar-refractivity contribution in [1.82, 2.24) is 10.2 Å². The van der Waals surface area contributed by atoms with Gasteiger partial charge in [-0.1, -0.05) is 11.6 Å². The first-order valence-corrected chi connectivity index (χ1v) is 11.9. The number of hydrogen-bond acceptors (Lipinski definition) is 7. The largest absolute Gasteiger partial charge is 0.444 e. The van der Waals surface area contributed by atoms with Gasteiger partial charge >= 0.3 is 11.7 Å². The van der Waals surface area contributed by atoms with Crippen LogP contribution < -0.4 is 22.0 Å². The summed E-state index contributed by atoms with van der Waals surface area (Å²) in [6.07, 6.45) is 3.62. The van der Waals surface area contributed by atoms with Crippen molar-refractivity contribution in [1.29, 1.82) is 0 Å². The van der Waals surface area contributed by atoms with Gasteiger partial charge in [0.25, 0.3) is 0 Å². The summed E-state index contributed by atoms with van der Waals surface area (Å²) in [6, 6.07) is 7.40. The monoisotopic (exact) mass is 478 g/mol. The molecule has 3 heterocycles. The summed E-state index contributed by atoms with van der Waals surface area (Å²) >= 11 is 6.02. The lowest BCUT2D eigenvalue weighted by atomic mass is 10.1. The Morgan fingerprint density at radius 1 is 1.18 bits per heavy atom. The molecule has 9 heteroatoms. The minimum atomic E-state index is -0.406. The van der Waals surface area contributed by atoms with Gasteiger partial charge in [0, 0.05) is 41.6 Å². The molecule has 2 fully saturated rings. The molecule has 0 spiro atoms. The van der Waals surface area contributed by atoms with Gasteiger partial charge < -0.3 is 30.4 Å². The summed E-state index contributed by atoms with van der Waals surface area (Å²) < 4.78 is 10.4. The number of carbonyl (C=O) groups is 1. The summed E-state index contributed by atoms with van der Waals surface area (Å²) in [5, 5.41) is 8.24. The number of hydrogen-bond donors (Lipinski definition) is 3. The highest BCUT2D eigenvalue weighted by atomic mass is 35.5. The first kappa shape index (κ1) is 25.3. The standard InChI is InChI=1S/C14H15ClN2O2.C10H20N2O2/c15-9-1-2-13-11(7-9)12(8-14(18)19-13)17-10-3-5-16-6-4-10;1-10(2,3)14-9(13)12-6-4-8(11)5-7-12/h1-2,7-8,10,16-17H,3-6H2;8H,4-7,11H2,1-3H3. The van der Waals surface area contributed by atoms with E-state index in [1.54, 1.807) is 17.0 Å². The Kier molecular flexibility index (Phi) is 8.62. The molecule has 0 aliphatic carbocycles. The minimum Gasteiger partial charge on any atom is -0.444 e. The normalized spacial score (nSPS) is 17.9. The van der Waals surface area contributed by atoms with Gasteiger partial charge in [-0.3, -0.25) is 0 Å². The van der Waals surface area contributed by atoms with Gasteiger partial charge in [0.05, 0.1) is 5.69 Å². The van der Waals surface area contributed by atoms with E-state index in [1.807, 2.05) is 26.8 Å². The molecule has 4 rings (SSSR count). The summed E-state index contributed by atoms with van der Waals surface area (Å²) in [4.78, 5) is 24.9. The molecule has 0 atom stereocenters. The highest BCUT2D eigenvalue weighted by Gasteiger charge is 2.25. The van der Waals surface area contributed by atoms with E-state index < -0.39 is 5.60 Å². The van der Waals surface area contributed by atoms with Crippen LogP contribution in [0.15, 0.2) is 33.5 Å². The van der Waals surface area contributed by atoms with Gasteiger partial charge in [0.1, 0.15) is 11.2 Å². The molecule has 0 unspecified atom stereocenters. The van der Waals surface area contributed by atoms with Crippen molar-refractivity contribution in [2.24, 2.45) is 5.73 Å². The number of carbonyl (C=O) groups excluding carboxylic acids is 1. The van der Waals surface area contributed by atoms with E-state index in [0.717, 1.165) is 62.9 Å². The second-order valence-corrected chi connectivity index (χ2v) is 10.0. The Morgan fingerprint density at radius 2 is 1.85 bits per heavy atom. The van der Waals surface area contributed by atoms with Gasteiger partial charge in [0.15, 0.2) is 0 Å². The molecular weight excluding hydrogens is 444 g/mol. The number of benzene rings is 1. The van der Waals surface area contributed by atoms with Gasteiger partial charge in [-0.25, -0.2) is 9.59 Å². The van der Waals surface area contributed by atoms with Crippen LogP contribution in [0.5, 0.6) is 0 Å². The fourth-order valence-electron chi connectivity index (χ4n) is 3.85.